The van der Waals surface area contributed by atoms with E-state index >= 15 is 0 Å². The first-order chi connectivity index (χ1) is 13.9. The molecule has 0 saturated carbocycles. The SMILES string of the molecule is Cc1c(F)cccc1-c1oncc1C(=O)NC(Cc1ccccc1)C(=O)C(N)O. The minimum atomic E-state index is -1.74. The Bertz CT molecular complexity index is 1020. The zero-order valence-corrected chi connectivity index (χ0v) is 15.6. The molecule has 4 N–H and O–H groups in total. The molecule has 1 aromatic heterocycles. The summed E-state index contributed by atoms with van der Waals surface area (Å²) in [4.78, 5) is 25.2. The lowest BCUT2D eigenvalue weighted by Crippen LogP contribution is -2.49. The average molecular weight is 397 g/mol. The number of aromatic nitrogens is 1. The van der Waals surface area contributed by atoms with Gasteiger partial charge in [-0.3, -0.25) is 15.3 Å². The monoisotopic (exact) mass is 397 g/mol. The Morgan fingerprint density at radius 1 is 1.21 bits per heavy atom. The molecule has 0 radical (unpaired) electrons. The van der Waals surface area contributed by atoms with E-state index in [1.807, 2.05) is 6.07 Å². The van der Waals surface area contributed by atoms with Gasteiger partial charge < -0.3 is 14.9 Å². The summed E-state index contributed by atoms with van der Waals surface area (Å²) in [6.45, 7) is 1.56. The predicted octanol–water partition coefficient (Wildman–Crippen LogP) is 1.98. The van der Waals surface area contributed by atoms with E-state index in [4.69, 9.17) is 10.3 Å². The Morgan fingerprint density at radius 3 is 2.62 bits per heavy atom. The number of aliphatic hydroxyl groups is 1. The summed E-state index contributed by atoms with van der Waals surface area (Å²) in [5, 5.41) is 15.7. The van der Waals surface area contributed by atoms with E-state index in [1.54, 1.807) is 37.3 Å². The fraction of sp³-hybridized carbons (Fsp3) is 0.190. The molecule has 0 aliphatic heterocycles. The molecule has 2 aromatic carbocycles. The van der Waals surface area contributed by atoms with Gasteiger partial charge in [-0.1, -0.05) is 47.6 Å². The standard InChI is InChI=1S/C21H20FN3O4/c1-12-14(8-5-9-16(12)22)19-15(11-24-29-19)21(28)25-17(18(26)20(23)27)10-13-6-3-2-4-7-13/h2-9,11,17,20,27H,10,23H2,1H3,(H,25,28). The Balaban J connectivity index is 1.88. The number of nitrogens with two attached hydrogens (primary N) is 1. The molecule has 3 rings (SSSR count). The summed E-state index contributed by atoms with van der Waals surface area (Å²) < 4.78 is 19.1. The topological polar surface area (TPSA) is 118 Å². The summed E-state index contributed by atoms with van der Waals surface area (Å²) >= 11 is 0. The number of aliphatic hydroxyl groups excluding tert-OH is 1. The fourth-order valence-electron chi connectivity index (χ4n) is 2.96. The molecule has 29 heavy (non-hydrogen) atoms. The number of nitrogens with one attached hydrogen (secondary N) is 1. The smallest absolute Gasteiger partial charge is 0.257 e. The second-order valence-electron chi connectivity index (χ2n) is 6.54. The lowest BCUT2D eigenvalue weighted by atomic mass is 10.00. The molecule has 0 aliphatic rings. The van der Waals surface area contributed by atoms with E-state index in [1.165, 1.54) is 18.3 Å². The van der Waals surface area contributed by atoms with Crippen molar-refractivity contribution in [2.24, 2.45) is 5.73 Å². The van der Waals surface area contributed by atoms with Crippen LogP contribution in [0.5, 0.6) is 0 Å². The van der Waals surface area contributed by atoms with Gasteiger partial charge >= 0.3 is 0 Å². The van der Waals surface area contributed by atoms with Crippen LogP contribution in [0.4, 0.5) is 4.39 Å². The van der Waals surface area contributed by atoms with Crippen LogP contribution in [0.3, 0.4) is 0 Å². The maximum Gasteiger partial charge on any atom is 0.257 e. The van der Waals surface area contributed by atoms with Gasteiger partial charge in [0, 0.05) is 5.56 Å². The first kappa shape index (κ1) is 20.4. The van der Waals surface area contributed by atoms with Gasteiger partial charge in [0.25, 0.3) is 5.91 Å². The highest BCUT2D eigenvalue weighted by Gasteiger charge is 2.28. The Hall–Kier alpha value is -3.36. The number of halogens is 1. The summed E-state index contributed by atoms with van der Waals surface area (Å²) in [6, 6.07) is 12.3. The van der Waals surface area contributed by atoms with E-state index in [9.17, 15) is 19.1 Å². The Morgan fingerprint density at radius 2 is 1.93 bits per heavy atom. The largest absolute Gasteiger partial charge is 0.371 e. The molecule has 3 aromatic rings. The zero-order valence-electron chi connectivity index (χ0n) is 15.6. The van der Waals surface area contributed by atoms with Crippen molar-refractivity contribution in [1.82, 2.24) is 10.5 Å². The Labute approximate surface area is 166 Å². The van der Waals surface area contributed by atoms with Gasteiger partial charge in [0.15, 0.2) is 17.8 Å². The third-order valence-corrected chi connectivity index (χ3v) is 4.55. The number of ketones is 1. The summed E-state index contributed by atoms with van der Waals surface area (Å²) in [7, 11) is 0. The van der Waals surface area contributed by atoms with Crippen molar-refractivity contribution in [3.8, 4) is 11.3 Å². The van der Waals surface area contributed by atoms with Crippen LogP contribution in [-0.4, -0.2) is 34.2 Å². The van der Waals surface area contributed by atoms with E-state index in [0.29, 0.717) is 11.1 Å². The van der Waals surface area contributed by atoms with Crippen LogP contribution >= 0.6 is 0 Å². The second-order valence-corrected chi connectivity index (χ2v) is 6.54. The predicted molar refractivity (Wildman–Crippen MR) is 103 cm³/mol. The fourth-order valence-corrected chi connectivity index (χ4v) is 2.96. The van der Waals surface area contributed by atoms with Crippen LogP contribution in [0.1, 0.15) is 21.5 Å². The van der Waals surface area contributed by atoms with Gasteiger partial charge in [-0.25, -0.2) is 4.39 Å². The van der Waals surface area contributed by atoms with Crippen molar-refractivity contribution < 1.29 is 23.6 Å². The quantitative estimate of drug-likeness (QED) is 0.525. The normalized spacial score (nSPS) is 13.0. The van der Waals surface area contributed by atoms with Crippen LogP contribution in [0.25, 0.3) is 11.3 Å². The van der Waals surface area contributed by atoms with Gasteiger partial charge in [-0.15, -0.1) is 0 Å². The molecule has 8 heteroatoms. The van der Waals surface area contributed by atoms with Gasteiger partial charge in [-0.2, -0.15) is 0 Å². The van der Waals surface area contributed by atoms with Crippen LogP contribution in [0.2, 0.25) is 0 Å². The zero-order chi connectivity index (χ0) is 21.0. The van der Waals surface area contributed by atoms with E-state index in [-0.39, 0.29) is 17.7 Å². The number of carbonyl (C=O) groups excluding carboxylic acids is 2. The minimum Gasteiger partial charge on any atom is -0.371 e. The maximum absolute atomic E-state index is 13.9. The first-order valence-corrected chi connectivity index (χ1v) is 8.90. The van der Waals surface area contributed by atoms with Crippen molar-refractivity contribution >= 4 is 11.7 Å². The third-order valence-electron chi connectivity index (χ3n) is 4.55. The molecule has 1 heterocycles. The van der Waals surface area contributed by atoms with E-state index < -0.39 is 29.8 Å². The van der Waals surface area contributed by atoms with E-state index in [0.717, 1.165) is 5.56 Å². The van der Waals surface area contributed by atoms with Crippen molar-refractivity contribution in [1.29, 1.82) is 0 Å². The number of benzene rings is 2. The number of amides is 1. The molecule has 0 aliphatic carbocycles. The van der Waals surface area contributed by atoms with Crippen molar-refractivity contribution in [3.63, 3.8) is 0 Å². The number of hydrogen-bond donors (Lipinski definition) is 3. The minimum absolute atomic E-state index is 0.0380. The number of rotatable bonds is 7. The number of nitrogens with zero attached hydrogens (tertiary/aromatic N) is 1. The van der Waals surface area contributed by atoms with Gasteiger partial charge in [0.2, 0.25) is 0 Å². The van der Waals surface area contributed by atoms with Crippen LogP contribution in [0.15, 0.2) is 59.3 Å². The second kappa shape index (κ2) is 8.76. The van der Waals surface area contributed by atoms with E-state index in [2.05, 4.69) is 10.5 Å². The van der Waals surface area contributed by atoms with Crippen molar-refractivity contribution in [2.75, 3.05) is 0 Å². The average Bonchev–Trinajstić information content (AvgIpc) is 3.19. The van der Waals surface area contributed by atoms with Crippen molar-refractivity contribution in [3.05, 3.63) is 77.2 Å². The van der Waals surface area contributed by atoms with Gasteiger partial charge in [0.1, 0.15) is 11.4 Å². The highest BCUT2D eigenvalue weighted by Crippen LogP contribution is 2.28. The first-order valence-electron chi connectivity index (χ1n) is 8.90. The summed E-state index contributed by atoms with van der Waals surface area (Å²) in [5.74, 6) is -1.76. The molecule has 150 valence electrons. The highest BCUT2D eigenvalue weighted by atomic mass is 19.1. The molecule has 0 fully saturated rings. The molecule has 7 nitrogen and oxygen atoms in total. The third kappa shape index (κ3) is 4.56. The number of Topliss-reactive ketones (excluding diaryl/α,β-unsaturated/α-hetero) is 1. The molecular weight excluding hydrogens is 377 g/mol. The lowest BCUT2D eigenvalue weighted by Gasteiger charge is -2.19. The van der Waals surface area contributed by atoms with Crippen LogP contribution in [-0.2, 0) is 11.2 Å². The van der Waals surface area contributed by atoms with Gasteiger partial charge in [0.05, 0.1) is 12.2 Å². The molecule has 2 unspecified atom stereocenters. The van der Waals surface area contributed by atoms with Crippen LogP contribution in [0, 0.1) is 12.7 Å². The molecule has 0 bridgehead atoms. The maximum atomic E-state index is 13.9. The number of carbonyl (C=O) groups is 2. The van der Waals surface area contributed by atoms with Crippen LogP contribution < -0.4 is 11.1 Å². The molecular formula is C21H20FN3O4. The summed E-state index contributed by atoms with van der Waals surface area (Å²) in [5.41, 5.74) is 6.81. The molecule has 1 amide bonds. The summed E-state index contributed by atoms with van der Waals surface area (Å²) in [6.07, 6.45) is -0.409. The Kier molecular flexibility index (Phi) is 6.16. The van der Waals surface area contributed by atoms with Gasteiger partial charge in [-0.05, 0) is 30.5 Å². The number of hydrogen-bond acceptors (Lipinski definition) is 6. The highest BCUT2D eigenvalue weighted by molar-refractivity contribution is 6.02. The molecule has 2 atom stereocenters. The lowest BCUT2D eigenvalue weighted by molar-refractivity contribution is -0.128. The molecule has 0 saturated heterocycles. The molecule has 0 spiro atoms. The van der Waals surface area contributed by atoms with Crippen molar-refractivity contribution in [2.45, 2.75) is 25.6 Å².